The lowest BCUT2D eigenvalue weighted by molar-refractivity contribution is 0.0599. The summed E-state index contributed by atoms with van der Waals surface area (Å²) in [5.74, 6) is 3.89. The predicted octanol–water partition coefficient (Wildman–Crippen LogP) is 4.43. The van der Waals surface area contributed by atoms with E-state index in [0.717, 1.165) is 42.8 Å². The van der Waals surface area contributed by atoms with E-state index >= 15 is 0 Å². The van der Waals surface area contributed by atoms with Gasteiger partial charge in [0.2, 0.25) is 5.89 Å². The summed E-state index contributed by atoms with van der Waals surface area (Å²) >= 11 is 0. The molecule has 36 heavy (non-hydrogen) atoms. The summed E-state index contributed by atoms with van der Waals surface area (Å²) in [6.07, 6.45) is 1.44. The third kappa shape index (κ3) is 5.17. The van der Waals surface area contributed by atoms with Crippen molar-refractivity contribution in [3.8, 4) is 28.9 Å². The van der Waals surface area contributed by atoms with Gasteiger partial charge in [-0.15, -0.1) is 10.2 Å². The van der Waals surface area contributed by atoms with Crippen molar-refractivity contribution in [3.05, 3.63) is 53.9 Å². The van der Waals surface area contributed by atoms with Crippen LogP contribution in [-0.2, 0) is 0 Å². The maximum absolute atomic E-state index is 10.7. The summed E-state index contributed by atoms with van der Waals surface area (Å²) in [4.78, 5) is 2.29. The lowest BCUT2D eigenvalue weighted by Crippen LogP contribution is -2.40. The van der Waals surface area contributed by atoms with Crippen LogP contribution in [0.3, 0.4) is 0 Å². The molecule has 1 saturated heterocycles. The highest BCUT2D eigenvalue weighted by Crippen LogP contribution is 2.35. The summed E-state index contributed by atoms with van der Waals surface area (Å²) in [5.41, 5.74) is 1.92. The number of hydrogen-bond acceptors (Lipinski definition) is 9. The molecule has 1 N–H and O–H groups in total. The Bertz CT molecular complexity index is 1310. The number of β-amino-alcohol motifs (C(OH)–C–C–N with tert-alkyl or cyclic N) is 1. The number of nitrogens with zero attached hydrogens (tertiary/aromatic N) is 3. The Morgan fingerprint density at radius 1 is 1.00 bits per heavy atom. The lowest BCUT2D eigenvalue weighted by atomic mass is 9.89. The normalized spacial score (nSPS) is 15.8. The van der Waals surface area contributed by atoms with Crippen molar-refractivity contribution < 1.29 is 28.2 Å². The Kier molecular flexibility index (Phi) is 7.11. The molecule has 1 aliphatic rings. The first-order chi connectivity index (χ1) is 17.5. The van der Waals surface area contributed by atoms with E-state index in [2.05, 4.69) is 27.2 Å². The number of aromatic nitrogens is 2. The van der Waals surface area contributed by atoms with Crippen molar-refractivity contribution >= 4 is 11.0 Å². The summed E-state index contributed by atoms with van der Waals surface area (Å²) in [7, 11) is 3.31. The van der Waals surface area contributed by atoms with Crippen LogP contribution in [0.4, 0.5) is 0 Å². The fraction of sp³-hybridized carbons (Fsp3) is 0.407. The van der Waals surface area contributed by atoms with E-state index in [9.17, 15) is 5.11 Å². The molecule has 1 fully saturated rings. The number of likely N-dealkylation sites (tertiary alicyclic amines) is 1. The van der Waals surface area contributed by atoms with Crippen molar-refractivity contribution in [3.63, 3.8) is 0 Å². The number of aryl methyl sites for hydroxylation is 1. The standard InChI is InChI=1S/C27H31N3O6/c1-17-28-29-27(35-17)26-14-21-22(5-4-6-23(21)36-26)34-16-20(31)15-30-11-9-18(10-12-30)19-7-8-24(32-2)25(13-19)33-3/h4-8,13-14,18,20,31H,9-12,15-16H2,1-3H3/t20-/m0/s1. The molecule has 4 aromatic rings. The van der Waals surface area contributed by atoms with E-state index in [1.165, 1.54) is 5.56 Å². The van der Waals surface area contributed by atoms with Crippen LogP contribution < -0.4 is 14.2 Å². The van der Waals surface area contributed by atoms with Gasteiger partial charge in [-0.1, -0.05) is 12.1 Å². The SMILES string of the molecule is COc1ccc(C2CCN(C[C@H](O)COc3cccc4oc(-c5nnc(C)o5)cc34)CC2)cc1OC. The minimum atomic E-state index is -0.608. The molecule has 9 nitrogen and oxygen atoms in total. The molecule has 0 unspecified atom stereocenters. The van der Waals surface area contributed by atoms with E-state index in [1.807, 2.05) is 30.3 Å². The van der Waals surface area contributed by atoms with Crippen LogP contribution in [0.15, 0.2) is 51.3 Å². The van der Waals surface area contributed by atoms with Gasteiger partial charge in [0, 0.05) is 19.5 Å². The van der Waals surface area contributed by atoms with Crippen LogP contribution >= 0.6 is 0 Å². The number of furan rings is 1. The zero-order chi connectivity index (χ0) is 25.1. The van der Waals surface area contributed by atoms with Crippen molar-refractivity contribution in [2.75, 3.05) is 40.5 Å². The third-order valence-electron chi connectivity index (χ3n) is 6.63. The van der Waals surface area contributed by atoms with Crippen LogP contribution in [0.2, 0.25) is 0 Å². The van der Waals surface area contributed by atoms with Crippen molar-refractivity contribution in [2.24, 2.45) is 0 Å². The average Bonchev–Trinajstić information content (AvgIpc) is 3.54. The molecule has 0 saturated carbocycles. The second kappa shape index (κ2) is 10.6. The molecule has 1 atom stereocenters. The van der Waals surface area contributed by atoms with Gasteiger partial charge < -0.3 is 33.1 Å². The Hall–Kier alpha value is -3.56. The van der Waals surface area contributed by atoms with Gasteiger partial charge in [0.1, 0.15) is 24.0 Å². The zero-order valence-electron chi connectivity index (χ0n) is 20.8. The highest BCUT2D eigenvalue weighted by Gasteiger charge is 2.24. The van der Waals surface area contributed by atoms with Crippen LogP contribution in [0.5, 0.6) is 17.2 Å². The van der Waals surface area contributed by atoms with Gasteiger partial charge in [0.25, 0.3) is 5.89 Å². The van der Waals surface area contributed by atoms with E-state index in [4.69, 9.17) is 23.0 Å². The fourth-order valence-electron chi connectivity index (χ4n) is 4.75. The minimum absolute atomic E-state index is 0.189. The number of fused-ring (bicyclic) bond motifs is 1. The van der Waals surface area contributed by atoms with E-state index < -0.39 is 6.10 Å². The fourth-order valence-corrected chi connectivity index (χ4v) is 4.75. The summed E-state index contributed by atoms with van der Waals surface area (Å²) < 4.78 is 28.1. The Balaban J connectivity index is 1.15. The highest BCUT2D eigenvalue weighted by molar-refractivity contribution is 5.87. The molecule has 0 amide bonds. The molecule has 0 radical (unpaired) electrons. The van der Waals surface area contributed by atoms with E-state index in [-0.39, 0.29) is 6.61 Å². The summed E-state index contributed by atoms with van der Waals surface area (Å²) in [6, 6.07) is 13.6. The number of benzene rings is 2. The molecule has 0 spiro atoms. The second-order valence-corrected chi connectivity index (χ2v) is 9.06. The maximum Gasteiger partial charge on any atom is 0.283 e. The number of aliphatic hydroxyl groups is 1. The molecule has 9 heteroatoms. The minimum Gasteiger partial charge on any atom is -0.493 e. The van der Waals surface area contributed by atoms with Gasteiger partial charge in [0.05, 0.1) is 19.6 Å². The van der Waals surface area contributed by atoms with Crippen LogP contribution in [0.25, 0.3) is 22.6 Å². The molecule has 0 aliphatic carbocycles. The molecule has 5 rings (SSSR count). The van der Waals surface area contributed by atoms with Gasteiger partial charge in [-0.3, -0.25) is 0 Å². The molecule has 3 heterocycles. The first-order valence-corrected chi connectivity index (χ1v) is 12.1. The zero-order valence-corrected chi connectivity index (χ0v) is 20.8. The number of piperidine rings is 1. The quantitative estimate of drug-likeness (QED) is 0.363. The third-order valence-corrected chi connectivity index (χ3v) is 6.63. The van der Waals surface area contributed by atoms with Crippen LogP contribution in [-0.4, -0.2) is 66.8 Å². The Morgan fingerprint density at radius 3 is 2.53 bits per heavy atom. The predicted molar refractivity (Wildman–Crippen MR) is 134 cm³/mol. The number of hydrogen-bond donors (Lipinski definition) is 1. The van der Waals surface area contributed by atoms with Crippen molar-refractivity contribution in [2.45, 2.75) is 31.8 Å². The van der Waals surface area contributed by atoms with Gasteiger partial charge in [-0.2, -0.15) is 0 Å². The Labute approximate surface area is 209 Å². The van der Waals surface area contributed by atoms with Crippen LogP contribution in [0, 0.1) is 6.92 Å². The first kappa shape index (κ1) is 24.1. The molecule has 1 aliphatic heterocycles. The molecule has 2 aromatic heterocycles. The topological polar surface area (TPSA) is 103 Å². The monoisotopic (exact) mass is 493 g/mol. The number of ether oxygens (including phenoxy) is 3. The maximum atomic E-state index is 10.7. The largest absolute Gasteiger partial charge is 0.493 e. The first-order valence-electron chi connectivity index (χ1n) is 12.1. The number of aliphatic hydroxyl groups excluding tert-OH is 1. The van der Waals surface area contributed by atoms with E-state index in [1.54, 1.807) is 21.1 Å². The smallest absolute Gasteiger partial charge is 0.283 e. The van der Waals surface area contributed by atoms with Gasteiger partial charge in [-0.25, -0.2) is 0 Å². The summed E-state index contributed by atoms with van der Waals surface area (Å²) in [5, 5.41) is 19.3. The van der Waals surface area contributed by atoms with Crippen LogP contribution in [0.1, 0.15) is 30.2 Å². The van der Waals surface area contributed by atoms with Crippen molar-refractivity contribution in [1.82, 2.24) is 15.1 Å². The second-order valence-electron chi connectivity index (χ2n) is 9.06. The Morgan fingerprint density at radius 2 is 1.81 bits per heavy atom. The highest BCUT2D eigenvalue weighted by atomic mass is 16.5. The summed E-state index contributed by atoms with van der Waals surface area (Å²) in [6.45, 7) is 4.32. The average molecular weight is 494 g/mol. The van der Waals surface area contributed by atoms with Crippen molar-refractivity contribution in [1.29, 1.82) is 0 Å². The molecular weight excluding hydrogens is 462 g/mol. The molecule has 2 aromatic carbocycles. The molecule has 0 bridgehead atoms. The lowest BCUT2D eigenvalue weighted by Gasteiger charge is -2.33. The molecule has 190 valence electrons. The van der Waals surface area contributed by atoms with Gasteiger partial charge in [0.15, 0.2) is 17.3 Å². The molecular formula is C27H31N3O6. The van der Waals surface area contributed by atoms with E-state index in [0.29, 0.717) is 41.3 Å². The number of rotatable bonds is 9. The van der Waals surface area contributed by atoms with Gasteiger partial charge in [-0.05, 0) is 61.7 Å². The number of methoxy groups -OCH3 is 2. The van der Waals surface area contributed by atoms with Gasteiger partial charge >= 0.3 is 0 Å².